The number of carboxylic acid groups (broad SMARTS) is 1. The van der Waals surface area contributed by atoms with Crippen molar-refractivity contribution in [3.63, 3.8) is 0 Å². The first kappa shape index (κ1) is 13.1. The fraction of sp³-hybridized carbons (Fsp3) is 0.231. The Balaban J connectivity index is 2.34. The Labute approximate surface area is 109 Å². The highest BCUT2D eigenvalue weighted by atomic mass is 19.1. The van der Waals surface area contributed by atoms with Crippen molar-refractivity contribution < 1.29 is 19.0 Å². The minimum Gasteiger partial charge on any atom is -0.494 e. The molecule has 0 fully saturated rings. The lowest BCUT2D eigenvalue weighted by Gasteiger charge is -2.09. The second-order valence-corrected chi connectivity index (χ2v) is 4.04. The van der Waals surface area contributed by atoms with Crippen LogP contribution in [0, 0.1) is 12.7 Å². The molecule has 19 heavy (non-hydrogen) atoms. The number of benzene rings is 1. The van der Waals surface area contributed by atoms with Gasteiger partial charge in [-0.25, -0.2) is 9.18 Å². The fourth-order valence-electron chi connectivity index (χ4n) is 1.81. The Kier molecular flexibility index (Phi) is 3.50. The first-order chi connectivity index (χ1) is 9.04. The van der Waals surface area contributed by atoms with E-state index in [9.17, 15) is 9.18 Å². The summed E-state index contributed by atoms with van der Waals surface area (Å²) in [5, 5.41) is 12.9. The number of carboxylic acids is 1. The average Bonchev–Trinajstić information content (AvgIpc) is 2.74. The molecule has 0 aliphatic carbocycles. The van der Waals surface area contributed by atoms with Crippen molar-refractivity contribution >= 4 is 5.97 Å². The Hall–Kier alpha value is -2.37. The standard InChI is InChI=1S/C13H13FN2O3/c1-8-10(13(17)18)6-15-16(8)7-9-4-3-5-11(19-2)12(9)14/h3-6H,7H2,1-2H3,(H,17,18). The number of rotatable bonds is 4. The van der Waals surface area contributed by atoms with Gasteiger partial charge in [0.1, 0.15) is 5.56 Å². The van der Waals surface area contributed by atoms with E-state index in [4.69, 9.17) is 9.84 Å². The Morgan fingerprint density at radius 3 is 2.84 bits per heavy atom. The van der Waals surface area contributed by atoms with E-state index >= 15 is 0 Å². The molecule has 1 N–H and O–H groups in total. The molecule has 0 spiro atoms. The van der Waals surface area contributed by atoms with Crippen molar-refractivity contribution in [2.45, 2.75) is 13.5 Å². The highest BCUT2D eigenvalue weighted by Gasteiger charge is 2.15. The summed E-state index contributed by atoms with van der Waals surface area (Å²) in [6.07, 6.45) is 1.26. The minimum absolute atomic E-state index is 0.114. The van der Waals surface area contributed by atoms with Gasteiger partial charge in [0.2, 0.25) is 0 Å². The van der Waals surface area contributed by atoms with Gasteiger partial charge >= 0.3 is 5.97 Å². The topological polar surface area (TPSA) is 64.4 Å². The summed E-state index contributed by atoms with van der Waals surface area (Å²) < 4.78 is 20.3. The van der Waals surface area contributed by atoms with E-state index in [-0.39, 0.29) is 17.9 Å². The second kappa shape index (κ2) is 5.09. The molecule has 0 atom stereocenters. The SMILES string of the molecule is COc1cccc(Cn2ncc(C(=O)O)c2C)c1F. The zero-order chi connectivity index (χ0) is 14.0. The van der Waals surface area contributed by atoms with Crippen LogP contribution in [0.4, 0.5) is 4.39 Å². The van der Waals surface area contributed by atoms with Crippen LogP contribution in [-0.4, -0.2) is 28.0 Å². The van der Waals surface area contributed by atoms with Crippen LogP contribution in [0.3, 0.4) is 0 Å². The third-order valence-electron chi connectivity index (χ3n) is 2.92. The van der Waals surface area contributed by atoms with E-state index in [1.54, 1.807) is 19.1 Å². The van der Waals surface area contributed by atoms with Gasteiger partial charge in [-0.05, 0) is 13.0 Å². The summed E-state index contributed by atoms with van der Waals surface area (Å²) in [7, 11) is 1.39. The van der Waals surface area contributed by atoms with Crippen LogP contribution in [0.25, 0.3) is 0 Å². The number of aromatic carboxylic acids is 1. The third-order valence-corrected chi connectivity index (χ3v) is 2.92. The van der Waals surface area contributed by atoms with Crippen LogP contribution in [0.1, 0.15) is 21.6 Å². The molecule has 0 radical (unpaired) electrons. The summed E-state index contributed by atoms with van der Waals surface area (Å²) in [6, 6.07) is 4.81. The van der Waals surface area contributed by atoms with E-state index in [2.05, 4.69) is 5.10 Å². The van der Waals surface area contributed by atoms with Gasteiger partial charge < -0.3 is 9.84 Å². The summed E-state index contributed by atoms with van der Waals surface area (Å²) >= 11 is 0. The quantitative estimate of drug-likeness (QED) is 0.918. The van der Waals surface area contributed by atoms with E-state index in [1.807, 2.05) is 0 Å². The molecule has 5 nitrogen and oxygen atoms in total. The summed E-state index contributed by atoms with van der Waals surface area (Å²) in [5.41, 5.74) is 0.987. The van der Waals surface area contributed by atoms with Gasteiger partial charge in [0.15, 0.2) is 11.6 Å². The number of hydrogen-bond donors (Lipinski definition) is 1. The molecule has 100 valence electrons. The smallest absolute Gasteiger partial charge is 0.339 e. The Morgan fingerprint density at radius 1 is 1.53 bits per heavy atom. The van der Waals surface area contributed by atoms with Crippen LogP contribution in [0.15, 0.2) is 24.4 Å². The number of aromatic nitrogens is 2. The molecule has 0 saturated carbocycles. The van der Waals surface area contributed by atoms with Crippen LogP contribution in [0.2, 0.25) is 0 Å². The molecular weight excluding hydrogens is 251 g/mol. The predicted molar refractivity (Wildman–Crippen MR) is 66.0 cm³/mol. The zero-order valence-corrected chi connectivity index (χ0v) is 10.6. The number of halogens is 1. The van der Waals surface area contributed by atoms with Crippen molar-refractivity contribution in [2.75, 3.05) is 7.11 Å². The molecule has 0 aliphatic rings. The van der Waals surface area contributed by atoms with Gasteiger partial charge in [0, 0.05) is 5.56 Å². The van der Waals surface area contributed by atoms with Crippen LogP contribution in [-0.2, 0) is 6.54 Å². The second-order valence-electron chi connectivity index (χ2n) is 4.04. The molecule has 0 saturated heterocycles. The lowest BCUT2D eigenvalue weighted by Crippen LogP contribution is -2.07. The van der Waals surface area contributed by atoms with Gasteiger partial charge in [-0.2, -0.15) is 5.10 Å². The largest absolute Gasteiger partial charge is 0.494 e. The molecule has 1 aromatic heterocycles. The molecule has 6 heteroatoms. The van der Waals surface area contributed by atoms with E-state index in [0.29, 0.717) is 11.3 Å². The van der Waals surface area contributed by atoms with E-state index < -0.39 is 11.8 Å². The summed E-state index contributed by atoms with van der Waals surface area (Å²) in [5.74, 6) is -1.35. The maximum Gasteiger partial charge on any atom is 0.339 e. The third kappa shape index (κ3) is 2.42. The van der Waals surface area contributed by atoms with Gasteiger partial charge in [0.25, 0.3) is 0 Å². The molecule has 0 aliphatic heterocycles. The normalized spacial score (nSPS) is 10.5. The highest BCUT2D eigenvalue weighted by Crippen LogP contribution is 2.21. The number of methoxy groups -OCH3 is 1. The van der Waals surface area contributed by atoms with Crippen molar-refractivity contribution in [1.29, 1.82) is 0 Å². The summed E-state index contributed by atoms with van der Waals surface area (Å²) in [6.45, 7) is 1.79. The maximum absolute atomic E-state index is 14.0. The molecule has 1 heterocycles. The van der Waals surface area contributed by atoms with Crippen molar-refractivity contribution in [2.24, 2.45) is 0 Å². The van der Waals surface area contributed by atoms with Crippen molar-refractivity contribution in [3.8, 4) is 5.75 Å². The van der Waals surface area contributed by atoms with E-state index in [1.165, 1.54) is 24.1 Å². The number of carbonyl (C=O) groups is 1. The van der Waals surface area contributed by atoms with Gasteiger partial charge in [-0.1, -0.05) is 12.1 Å². The van der Waals surface area contributed by atoms with Gasteiger partial charge in [-0.3, -0.25) is 4.68 Å². The fourth-order valence-corrected chi connectivity index (χ4v) is 1.81. The van der Waals surface area contributed by atoms with Crippen LogP contribution in [0.5, 0.6) is 5.75 Å². The summed E-state index contributed by atoms with van der Waals surface area (Å²) in [4.78, 5) is 10.9. The van der Waals surface area contributed by atoms with Crippen LogP contribution >= 0.6 is 0 Å². The number of hydrogen-bond acceptors (Lipinski definition) is 3. The van der Waals surface area contributed by atoms with Crippen LogP contribution < -0.4 is 4.74 Å². The highest BCUT2D eigenvalue weighted by molar-refractivity contribution is 5.88. The predicted octanol–water partition coefficient (Wildman–Crippen LogP) is 2.09. The molecule has 2 rings (SSSR count). The molecule has 0 unspecified atom stereocenters. The monoisotopic (exact) mass is 264 g/mol. The lowest BCUT2D eigenvalue weighted by molar-refractivity contribution is 0.0696. The lowest BCUT2D eigenvalue weighted by atomic mass is 10.2. The molecule has 2 aromatic rings. The number of nitrogens with zero attached hydrogens (tertiary/aromatic N) is 2. The van der Waals surface area contributed by atoms with Gasteiger partial charge in [-0.15, -0.1) is 0 Å². The molecule has 0 amide bonds. The first-order valence-electron chi connectivity index (χ1n) is 5.61. The van der Waals surface area contributed by atoms with Crippen molar-refractivity contribution in [1.82, 2.24) is 9.78 Å². The minimum atomic E-state index is -1.05. The molecule has 1 aromatic carbocycles. The average molecular weight is 264 g/mol. The maximum atomic E-state index is 14.0. The van der Waals surface area contributed by atoms with Crippen molar-refractivity contribution in [3.05, 3.63) is 47.0 Å². The Bertz CT molecular complexity index is 622. The number of ether oxygens (including phenoxy) is 1. The zero-order valence-electron chi connectivity index (χ0n) is 10.6. The molecular formula is C13H13FN2O3. The van der Waals surface area contributed by atoms with Gasteiger partial charge in [0.05, 0.1) is 25.5 Å². The van der Waals surface area contributed by atoms with E-state index in [0.717, 1.165) is 0 Å². The molecule has 0 bridgehead atoms. The Morgan fingerprint density at radius 2 is 2.26 bits per heavy atom. The first-order valence-corrected chi connectivity index (χ1v) is 5.61.